The van der Waals surface area contributed by atoms with E-state index in [2.05, 4.69) is 12.2 Å². The number of nitrogens with two attached hydrogens (primary N) is 1. The number of methoxy groups -OCH3 is 1. The number of hydrogen-bond donors (Lipinski definition) is 2. The number of hydrogen-bond acceptors (Lipinski definition) is 4. The maximum absolute atomic E-state index is 11.9. The van der Waals surface area contributed by atoms with E-state index in [1.165, 1.54) is 0 Å². The average Bonchev–Trinajstić information content (AvgIpc) is 2.45. The van der Waals surface area contributed by atoms with Gasteiger partial charge in [0.1, 0.15) is 11.5 Å². The summed E-state index contributed by atoms with van der Waals surface area (Å²) >= 11 is 0. The molecule has 0 aliphatic rings. The molecule has 20 heavy (non-hydrogen) atoms. The minimum absolute atomic E-state index is 0.136. The molecule has 0 radical (unpaired) electrons. The summed E-state index contributed by atoms with van der Waals surface area (Å²) in [4.78, 5) is 11.9. The number of ether oxygens (including phenoxy) is 2. The minimum Gasteiger partial charge on any atom is -0.497 e. The first-order chi connectivity index (χ1) is 9.58. The largest absolute Gasteiger partial charge is 0.497 e. The molecule has 0 aliphatic carbocycles. The van der Waals surface area contributed by atoms with Crippen LogP contribution in [0.5, 0.6) is 11.5 Å². The van der Waals surface area contributed by atoms with E-state index < -0.39 is 6.10 Å². The summed E-state index contributed by atoms with van der Waals surface area (Å²) in [7, 11) is 1.57. The van der Waals surface area contributed by atoms with E-state index in [1.807, 2.05) is 0 Å². The predicted molar refractivity (Wildman–Crippen MR) is 80.0 cm³/mol. The van der Waals surface area contributed by atoms with Gasteiger partial charge in [0, 0.05) is 12.6 Å². The SMILES string of the molecule is CCCCCNC(=O)C(C)Oc1cc(OC)ccc1N. The summed E-state index contributed by atoms with van der Waals surface area (Å²) in [5.74, 6) is 0.966. The highest BCUT2D eigenvalue weighted by atomic mass is 16.5. The lowest BCUT2D eigenvalue weighted by molar-refractivity contribution is -0.127. The van der Waals surface area contributed by atoms with Gasteiger partial charge >= 0.3 is 0 Å². The van der Waals surface area contributed by atoms with Gasteiger partial charge in [-0.2, -0.15) is 0 Å². The van der Waals surface area contributed by atoms with Gasteiger partial charge in [0.15, 0.2) is 6.10 Å². The third-order valence-corrected chi connectivity index (χ3v) is 2.97. The van der Waals surface area contributed by atoms with Gasteiger partial charge in [-0.3, -0.25) is 4.79 Å². The molecule has 3 N–H and O–H groups in total. The van der Waals surface area contributed by atoms with Gasteiger partial charge in [0.2, 0.25) is 0 Å². The summed E-state index contributed by atoms with van der Waals surface area (Å²) in [5, 5.41) is 2.85. The molecular formula is C15H24N2O3. The van der Waals surface area contributed by atoms with Crippen LogP contribution in [0.3, 0.4) is 0 Å². The molecule has 1 aromatic rings. The van der Waals surface area contributed by atoms with Gasteiger partial charge in [-0.25, -0.2) is 0 Å². The maximum Gasteiger partial charge on any atom is 0.260 e. The molecule has 0 saturated heterocycles. The fraction of sp³-hybridized carbons (Fsp3) is 0.533. The first-order valence-electron chi connectivity index (χ1n) is 6.96. The Morgan fingerprint density at radius 1 is 1.40 bits per heavy atom. The average molecular weight is 280 g/mol. The van der Waals surface area contributed by atoms with Crippen LogP contribution in [-0.4, -0.2) is 25.7 Å². The van der Waals surface area contributed by atoms with Gasteiger partial charge < -0.3 is 20.5 Å². The van der Waals surface area contributed by atoms with E-state index in [-0.39, 0.29) is 5.91 Å². The molecule has 1 rings (SSSR count). The van der Waals surface area contributed by atoms with Crippen molar-refractivity contribution in [3.8, 4) is 11.5 Å². The highest BCUT2D eigenvalue weighted by Crippen LogP contribution is 2.27. The molecule has 1 unspecified atom stereocenters. The molecule has 0 fully saturated rings. The highest BCUT2D eigenvalue weighted by Gasteiger charge is 2.15. The quantitative estimate of drug-likeness (QED) is 0.566. The van der Waals surface area contributed by atoms with Crippen LogP contribution in [0.2, 0.25) is 0 Å². The third kappa shape index (κ3) is 4.99. The number of unbranched alkanes of at least 4 members (excludes halogenated alkanes) is 2. The molecule has 0 spiro atoms. The Labute approximate surface area is 120 Å². The summed E-state index contributed by atoms with van der Waals surface area (Å²) in [5.41, 5.74) is 6.30. The number of amides is 1. The zero-order valence-corrected chi connectivity index (χ0v) is 12.4. The number of carbonyl (C=O) groups is 1. The minimum atomic E-state index is -0.592. The predicted octanol–water partition coefficient (Wildman–Crippen LogP) is 2.35. The molecule has 1 aromatic carbocycles. The number of carbonyl (C=O) groups excluding carboxylic acids is 1. The lowest BCUT2D eigenvalue weighted by atomic mass is 10.2. The Hall–Kier alpha value is -1.91. The molecule has 5 heteroatoms. The topological polar surface area (TPSA) is 73.6 Å². The van der Waals surface area contributed by atoms with E-state index >= 15 is 0 Å². The molecular weight excluding hydrogens is 256 g/mol. The van der Waals surface area contributed by atoms with Crippen LogP contribution in [-0.2, 0) is 4.79 Å². The van der Waals surface area contributed by atoms with Crippen LogP contribution < -0.4 is 20.5 Å². The summed E-state index contributed by atoms with van der Waals surface area (Å²) in [6.45, 7) is 4.50. The zero-order chi connectivity index (χ0) is 15.0. The Morgan fingerprint density at radius 2 is 2.15 bits per heavy atom. The standard InChI is InChI=1S/C15H24N2O3/c1-4-5-6-9-17-15(18)11(2)20-14-10-12(19-3)7-8-13(14)16/h7-8,10-11H,4-6,9,16H2,1-3H3,(H,17,18). The van der Waals surface area contributed by atoms with Crippen LogP contribution in [0, 0.1) is 0 Å². The Bertz CT molecular complexity index is 435. The molecule has 0 bridgehead atoms. The second-order valence-electron chi connectivity index (χ2n) is 4.66. The van der Waals surface area contributed by atoms with E-state index in [0.29, 0.717) is 23.7 Å². The summed E-state index contributed by atoms with van der Waals surface area (Å²) in [6, 6.07) is 5.12. The van der Waals surface area contributed by atoms with Crippen LogP contribution in [0.15, 0.2) is 18.2 Å². The van der Waals surface area contributed by atoms with Crippen molar-refractivity contribution in [3.05, 3.63) is 18.2 Å². The molecule has 0 saturated carbocycles. The van der Waals surface area contributed by atoms with Crippen molar-refractivity contribution in [2.24, 2.45) is 0 Å². The first kappa shape index (κ1) is 16.1. The van der Waals surface area contributed by atoms with Gasteiger partial charge in [-0.05, 0) is 25.5 Å². The molecule has 5 nitrogen and oxygen atoms in total. The molecule has 112 valence electrons. The van der Waals surface area contributed by atoms with Gasteiger partial charge in [-0.1, -0.05) is 19.8 Å². The Morgan fingerprint density at radius 3 is 2.80 bits per heavy atom. The number of benzene rings is 1. The lowest BCUT2D eigenvalue weighted by Gasteiger charge is -2.16. The molecule has 0 aliphatic heterocycles. The molecule has 0 aromatic heterocycles. The molecule has 1 atom stereocenters. The van der Waals surface area contributed by atoms with Crippen molar-refractivity contribution in [3.63, 3.8) is 0 Å². The van der Waals surface area contributed by atoms with Gasteiger partial charge in [0.05, 0.1) is 12.8 Å². The van der Waals surface area contributed by atoms with Crippen molar-refractivity contribution in [2.45, 2.75) is 39.2 Å². The van der Waals surface area contributed by atoms with Crippen molar-refractivity contribution >= 4 is 11.6 Å². The Balaban J connectivity index is 2.52. The van der Waals surface area contributed by atoms with Crippen molar-refractivity contribution in [1.82, 2.24) is 5.32 Å². The van der Waals surface area contributed by atoms with Crippen LogP contribution in [0.25, 0.3) is 0 Å². The first-order valence-corrected chi connectivity index (χ1v) is 6.96. The summed E-state index contributed by atoms with van der Waals surface area (Å²) in [6.07, 6.45) is 2.63. The van der Waals surface area contributed by atoms with E-state index in [4.69, 9.17) is 15.2 Å². The molecule has 0 heterocycles. The van der Waals surface area contributed by atoms with E-state index in [1.54, 1.807) is 32.2 Å². The second-order valence-corrected chi connectivity index (χ2v) is 4.66. The van der Waals surface area contributed by atoms with Crippen LogP contribution >= 0.6 is 0 Å². The highest BCUT2D eigenvalue weighted by molar-refractivity contribution is 5.80. The fourth-order valence-electron chi connectivity index (χ4n) is 1.72. The monoisotopic (exact) mass is 280 g/mol. The number of nitrogens with one attached hydrogen (secondary N) is 1. The van der Waals surface area contributed by atoms with Crippen molar-refractivity contribution in [1.29, 1.82) is 0 Å². The smallest absolute Gasteiger partial charge is 0.260 e. The number of rotatable bonds is 8. The van der Waals surface area contributed by atoms with Crippen molar-refractivity contribution < 1.29 is 14.3 Å². The van der Waals surface area contributed by atoms with Gasteiger partial charge in [0.25, 0.3) is 5.91 Å². The zero-order valence-electron chi connectivity index (χ0n) is 12.4. The van der Waals surface area contributed by atoms with Gasteiger partial charge in [-0.15, -0.1) is 0 Å². The van der Waals surface area contributed by atoms with E-state index in [9.17, 15) is 4.79 Å². The number of nitrogen functional groups attached to an aromatic ring is 1. The number of anilines is 1. The Kier molecular flexibility index (Phi) is 6.70. The third-order valence-electron chi connectivity index (χ3n) is 2.97. The van der Waals surface area contributed by atoms with E-state index in [0.717, 1.165) is 19.3 Å². The fourth-order valence-corrected chi connectivity index (χ4v) is 1.72. The maximum atomic E-state index is 11.9. The van der Waals surface area contributed by atoms with Crippen LogP contribution in [0.1, 0.15) is 33.1 Å². The normalized spacial score (nSPS) is 11.8. The summed E-state index contributed by atoms with van der Waals surface area (Å²) < 4.78 is 10.7. The second kappa shape index (κ2) is 8.30. The lowest BCUT2D eigenvalue weighted by Crippen LogP contribution is -2.36. The van der Waals surface area contributed by atoms with Crippen molar-refractivity contribution in [2.75, 3.05) is 19.4 Å². The molecule has 1 amide bonds. The van der Waals surface area contributed by atoms with Crippen LogP contribution in [0.4, 0.5) is 5.69 Å².